The van der Waals surface area contributed by atoms with Crippen molar-refractivity contribution in [3.05, 3.63) is 41.0 Å². The van der Waals surface area contributed by atoms with E-state index < -0.39 is 6.10 Å². The summed E-state index contributed by atoms with van der Waals surface area (Å²) < 4.78 is 5.69. The van der Waals surface area contributed by atoms with Crippen molar-refractivity contribution in [1.82, 2.24) is 15.2 Å². The molecule has 1 aliphatic heterocycles. The second-order valence-corrected chi connectivity index (χ2v) is 7.20. The van der Waals surface area contributed by atoms with Crippen LogP contribution < -0.4 is 5.32 Å². The molecule has 1 N–H and O–H groups in total. The number of hydrogen-bond acceptors (Lipinski definition) is 4. The molecule has 1 saturated carbocycles. The minimum Gasteiger partial charge on any atom is -0.366 e. The molecule has 6 heteroatoms. The van der Waals surface area contributed by atoms with E-state index in [0.717, 1.165) is 35.9 Å². The zero-order chi connectivity index (χ0) is 17.4. The first-order valence-electron chi connectivity index (χ1n) is 8.84. The molecule has 1 aromatic carbocycles. The van der Waals surface area contributed by atoms with Crippen LogP contribution in [0.15, 0.2) is 30.5 Å². The minimum absolute atomic E-state index is 0.0485. The number of benzene rings is 1. The van der Waals surface area contributed by atoms with Crippen LogP contribution in [0.1, 0.15) is 31.4 Å². The maximum absolute atomic E-state index is 13.1. The predicted octanol–water partition coefficient (Wildman–Crippen LogP) is 2.93. The lowest BCUT2D eigenvalue weighted by Crippen LogP contribution is -2.50. The molecule has 2 aliphatic rings. The Morgan fingerprint density at radius 1 is 1.44 bits per heavy atom. The Morgan fingerprint density at radius 2 is 2.28 bits per heavy atom. The van der Waals surface area contributed by atoms with Crippen LogP contribution in [-0.4, -0.2) is 47.6 Å². The summed E-state index contributed by atoms with van der Waals surface area (Å²) in [5.74, 6) is 0.0737. The van der Waals surface area contributed by atoms with E-state index in [2.05, 4.69) is 23.3 Å². The maximum atomic E-state index is 13.1. The summed E-state index contributed by atoms with van der Waals surface area (Å²) in [4.78, 5) is 19.4. The summed E-state index contributed by atoms with van der Waals surface area (Å²) >= 11 is 6.43. The first-order valence-corrected chi connectivity index (χ1v) is 9.21. The number of halogens is 1. The molecule has 1 amide bonds. The van der Waals surface area contributed by atoms with E-state index in [9.17, 15) is 4.79 Å². The molecule has 0 radical (unpaired) electrons. The number of amides is 1. The van der Waals surface area contributed by atoms with Gasteiger partial charge in [0.2, 0.25) is 0 Å². The van der Waals surface area contributed by atoms with E-state index in [1.165, 1.54) is 0 Å². The van der Waals surface area contributed by atoms with Crippen molar-refractivity contribution in [3.63, 3.8) is 0 Å². The third-order valence-corrected chi connectivity index (χ3v) is 5.27. The van der Waals surface area contributed by atoms with Gasteiger partial charge in [-0.15, -0.1) is 0 Å². The zero-order valence-electron chi connectivity index (χ0n) is 14.2. The van der Waals surface area contributed by atoms with Crippen molar-refractivity contribution in [1.29, 1.82) is 0 Å². The van der Waals surface area contributed by atoms with Crippen LogP contribution in [0.25, 0.3) is 10.9 Å². The molecular formula is C19H22ClN3O2. The second-order valence-electron chi connectivity index (χ2n) is 6.79. The van der Waals surface area contributed by atoms with Gasteiger partial charge in [-0.2, -0.15) is 0 Å². The zero-order valence-corrected chi connectivity index (χ0v) is 15.0. The van der Waals surface area contributed by atoms with Crippen molar-refractivity contribution < 1.29 is 9.53 Å². The van der Waals surface area contributed by atoms with Crippen molar-refractivity contribution in [3.8, 4) is 0 Å². The smallest absolute Gasteiger partial charge is 0.253 e. The number of rotatable bonds is 4. The van der Waals surface area contributed by atoms with Gasteiger partial charge in [0.1, 0.15) is 6.10 Å². The first-order chi connectivity index (χ1) is 12.1. The average molecular weight is 360 g/mol. The molecular weight excluding hydrogens is 338 g/mol. The molecule has 1 aromatic heterocycles. The molecule has 2 heterocycles. The molecule has 5 nitrogen and oxygen atoms in total. The number of ether oxygens (including phenoxy) is 1. The molecule has 2 fully saturated rings. The van der Waals surface area contributed by atoms with E-state index >= 15 is 0 Å². The lowest BCUT2D eigenvalue weighted by molar-refractivity contribution is -0.148. The Balaban J connectivity index is 1.64. The SMILES string of the molecule is C[C@@H](c1cc(Cl)c2ncccc2c1)N(C(=O)[C@H]1CNCCO1)C1CC1. The Hall–Kier alpha value is -1.69. The summed E-state index contributed by atoms with van der Waals surface area (Å²) in [7, 11) is 0. The van der Waals surface area contributed by atoms with Crippen molar-refractivity contribution in [2.75, 3.05) is 19.7 Å². The average Bonchev–Trinajstić information content (AvgIpc) is 3.47. The summed E-state index contributed by atoms with van der Waals surface area (Å²) in [6.07, 6.45) is 3.46. The fraction of sp³-hybridized carbons (Fsp3) is 0.474. The number of aromatic nitrogens is 1. The lowest BCUT2D eigenvalue weighted by Gasteiger charge is -2.34. The van der Waals surface area contributed by atoms with Gasteiger partial charge in [-0.1, -0.05) is 17.7 Å². The number of carbonyl (C=O) groups excluding carboxylic acids is 1. The van der Waals surface area contributed by atoms with Gasteiger partial charge in [0.05, 0.1) is 23.2 Å². The molecule has 0 unspecified atom stereocenters. The normalized spacial score (nSPS) is 21.9. The summed E-state index contributed by atoms with van der Waals surface area (Å²) in [6.45, 7) is 4.03. The van der Waals surface area contributed by atoms with Gasteiger partial charge < -0.3 is 15.0 Å². The van der Waals surface area contributed by atoms with Crippen LogP contribution in [0.4, 0.5) is 0 Å². The fourth-order valence-corrected chi connectivity index (χ4v) is 3.79. The maximum Gasteiger partial charge on any atom is 0.253 e. The number of hydrogen-bond donors (Lipinski definition) is 1. The van der Waals surface area contributed by atoms with Crippen LogP contribution in [0.2, 0.25) is 5.02 Å². The van der Waals surface area contributed by atoms with Crippen LogP contribution in [-0.2, 0) is 9.53 Å². The number of morpholine rings is 1. The highest BCUT2D eigenvalue weighted by molar-refractivity contribution is 6.35. The Morgan fingerprint density at radius 3 is 3.00 bits per heavy atom. The Bertz CT molecular complexity index is 787. The standard InChI is InChI=1S/C19H22ClN3O2/c1-12(14-9-13-3-2-6-22-18(13)16(20)10-14)23(15-4-5-15)19(24)17-11-21-7-8-25-17/h2-3,6,9-10,12,15,17,21H,4-5,7-8,11H2,1H3/t12-,17+/m0/s1. The van der Waals surface area contributed by atoms with E-state index in [0.29, 0.717) is 24.2 Å². The molecule has 25 heavy (non-hydrogen) atoms. The predicted molar refractivity (Wildman–Crippen MR) is 97.6 cm³/mol. The molecule has 132 valence electrons. The lowest BCUT2D eigenvalue weighted by atomic mass is 10.0. The van der Waals surface area contributed by atoms with E-state index in [-0.39, 0.29) is 11.9 Å². The van der Waals surface area contributed by atoms with Gasteiger partial charge in [-0.05, 0) is 43.5 Å². The number of carbonyl (C=O) groups is 1. The van der Waals surface area contributed by atoms with Gasteiger partial charge >= 0.3 is 0 Å². The largest absolute Gasteiger partial charge is 0.366 e. The number of fused-ring (bicyclic) bond motifs is 1. The number of nitrogens with one attached hydrogen (secondary N) is 1. The molecule has 2 aromatic rings. The molecule has 4 rings (SSSR count). The van der Waals surface area contributed by atoms with Gasteiger partial charge in [0.25, 0.3) is 5.91 Å². The van der Waals surface area contributed by atoms with Crippen LogP contribution in [0, 0.1) is 0 Å². The Labute approximate surface area is 152 Å². The van der Waals surface area contributed by atoms with Gasteiger partial charge in [-0.3, -0.25) is 9.78 Å². The van der Waals surface area contributed by atoms with Crippen molar-refractivity contribution >= 4 is 28.4 Å². The van der Waals surface area contributed by atoms with E-state index in [1.807, 2.05) is 23.1 Å². The van der Waals surface area contributed by atoms with E-state index in [1.54, 1.807) is 6.20 Å². The van der Waals surface area contributed by atoms with E-state index in [4.69, 9.17) is 16.3 Å². The second kappa shape index (κ2) is 6.90. The van der Waals surface area contributed by atoms with Crippen molar-refractivity contribution in [2.45, 2.75) is 38.0 Å². The van der Waals surface area contributed by atoms with Gasteiger partial charge in [0.15, 0.2) is 0 Å². The highest BCUT2D eigenvalue weighted by atomic mass is 35.5. The summed E-state index contributed by atoms with van der Waals surface area (Å²) in [5, 5.41) is 4.86. The molecule has 0 spiro atoms. The highest BCUT2D eigenvalue weighted by Crippen LogP contribution is 2.37. The molecule has 1 saturated heterocycles. The summed E-state index contributed by atoms with van der Waals surface area (Å²) in [5.41, 5.74) is 1.83. The molecule has 1 aliphatic carbocycles. The van der Waals surface area contributed by atoms with Crippen molar-refractivity contribution in [2.24, 2.45) is 0 Å². The topological polar surface area (TPSA) is 54.5 Å². The third-order valence-electron chi connectivity index (χ3n) is 4.98. The first kappa shape index (κ1) is 16.8. The number of pyridine rings is 1. The highest BCUT2D eigenvalue weighted by Gasteiger charge is 2.40. The van der Waals surface area contributed by atoms with Gasteiger partial charge in [0, 0.05) is 30.7 Å². The molecule has 2 atom stereocenters. The Kier molecular flexibility index (Phi) is 4.63. The summed E-state index contributed by atoms with van der Waals surface area (Å²) in [6, 6.07) is 8.18. The quantitative estimate of drug-likeness (QED) is 0.912. The van der Waals surface area contributed by atoms with Crippen LogP contribution in [0.3, 0.4) is 0 Å². The number of nitrogens with zero attached hydrogens (tertiary/aromatic N) is 2. The van der Waals surface area contributed by atoms with Crippen LogP contribution >= 0.6 is 11.6 Å². The monoisotopic (exact) mass is 359 g/mol. The fourth-order valence-electron chi connectivity index (χ4n) is 3.50. The third kappa shape index (κ3) is 3.36. The minimum atomic E-state index is -0.394. The van der Waals surface area contributed by atoms with Crippen LogP contribution in [0.5, 0.6) is 0 Å². The van der Waals surface area contributed by atoms with Gasteiger partial charge in [-0.25, -0.2) is 0 Å². The molecule has 0 bridgehead atoms.